The molecule has 0 saturated carbocycles. The van der Waals surface area contributed by atoms with E-state index in [9.17, 15) is 8.78 Å². The average Bonchev–Trinajstić information content (AvgIpc) is 2.54. The maximum atomic E-state index is 13.5. The minimum Gasteiger partial charge on any atom is -0.382 e. The number of nitrogens with zero attached hydrogens (tertiary/aromatic N) is 3. The Hall–Kier alpha value is -2.42. The first kappa shape index (κ1) is 11.1. The van der Waals surface area contributed by atoms with Gasteiger partial charge < -0.3 is 5.73 Å². The van der Waals surface area contributed by atoms with E-state index in [0.29, 0.717) is 5.69 Å². The fourth-order valence-electron chi connectivity index (χ4n) is 1.55. The summed E-state index contributed by atoms with van der Waals surface area (Å²) in [5.41, 5.74) is 5.69. The Balaban J connectivity index is 2.75. The molecule has 17 heavy (non-hydrogen) atoms. The molecule has 0 aliphatic heterocycles. The van der Waals surface area contributed by atoms with Crippen LogP contribution in [0.1, 0.15) is 11.3 Å². The Kier molecular flexibility index (Phi) is 2.52. The molecule has 4 nitrogen and oxygen atoms in total. The number of para-hydroxylation sites is 1. The van der Waals surface area contributed by atoms with Crippen LogP contribution in [-0.2, 0) is 0 Å². The van der Waals surface area contributed by atoms with Crippen LogP contribution < -0.4 is 5.73 Å². The second-order valence-corrected chi connectivity index (χ2v) is 3.44. The first-order valence-corrected chi connectivity index (χ1v) is 4.76. The largest absolute Gasteiger partial charge is 0.382 e. The molecule has 0 amide bonds. The van der Waals surface area contributed by atoms with Crippen molar-refractivity contribution in [1.29, 1.82) is 5.26 Å². The summed E-state index contributed by atoms with van der Waals surface area (Å²) in [4.78, 5) is 0. The molecule has 0 aliphatic carbocycles. The molecule has 0 unspecified atom stereocenters. The van der Waals surface area contributed by atoms with Crippen molar-refractivity contribution < 1.29 is 8.78 Å². The highest BCUT2D eigenvalue weighted by Gasteiger charge is 2.18. The lowest BCUT2D eigenvalue weighted by molar-refractivity contribution is 0.561. The van der Waals surface area contributed by atoms with E-state index in [1.807, 2.05) is 6.07 Å². The van der Waals surface area contributed by atoms with Crippen LogP contribution >= 0.6 is 0 Å². The topological polar surface area (TPSA) is 67.6 Å². The SMILES string of the molecule is Cc1nn(-c2c(F)cccc2F)c(N)c1C#N. The molecule has 0 radical (unpaired) electrons. The van der Waals surface area contributed by atoms with Crippen LogP contribution in [0.25, 0.3) is 5.69 Å². The lowest BCUT2D eigenvalue weighted by atomic mass is 10.2. The number of benzene rings is 1. The number of aryl methyl sites for hydroxylation is 1. The van der Waals surface area contributed by atoms with Gasteiger partial charge in [0.25, 0.3) is 0 Å². The summed E-state index contributed by atoms with van der Waals surface area (Å²) in [5, 5.41) is 12.7. The summed E-state index contributed by atoms with van der Waals surface area (Å²) in [6.45, 7) is 1.55. The molecular weight excluding hydrogens is 226 g/mol. The van der Waals surface area contributed by atoms with Gasteiger partial charge in [0.15, 0.2) is 11.6 Å². The summed E-state index contributed by atoms with van der Waals surface area (Å²) in [6.07, 6.45) is 0. The van der Waals surface area contributed by atoms with E-state index < -0.39 is 11.6 Å². The zero-order chi connectivity index (χ0) is 12.6. The van der Waals surface area contributed by atoms with E-state index in [1.165, 1.54) is 6.07 Å². The Morgan fingerprint density at radius 2 is 1.94 bits per heavy atom. The summed E-state index contributed by atoms with van der Waals surface area (Å²) in [5.74, 6) is -1.65. The van der Waals surface area contributed by atoms with E-state index >= 15 is 0 Å². The van der Waals surface area contributed by atoms with Gasteiger partial charge >= 0.3 is 0 Å². The second-order valence-electron chi connectivity index (χ2n) is 3.44. The van der Waals surface area contributed by atoms with Gasteiger partial charge in [-0.3, -0.25) is 0 Å². The van der Waals surface area contributed by atoms with Crippen LogP contribution in [0, 0.1) is 29.9 Å². The lowest BCUT2D eigenvalue weighted by Crippen LogP contribution is -2.07. The normalized spacial score (nSPS) is 10.2. The van der Waals surface area contributed by atoms with E-state index in [0.717, 1.165) is 16.8 Å². The molecule has 2 rings (SSSR count). The average molecular weight is 234 g/mol. The van der Waals surface area contributed by atoms with E-state index in [1.54, 1.807) is 6.92 Å². The fourth-order valence-corrected chi connectivity index (χ4v) is 1.55. The van der Waals surface area contributed by atoms with Crippen molar-refractivity contribution in [3.63, 3.8) is 0 Å². The Morgan fingerprint density at radius 3 is 2.41 bits per heavy atom. The first-order valence-electron chi connectivity index (χ1n) is 4.76. The van der Waals surface area contributed by atoms with Crippen LogP contribution in [0.3, 0.4) is 0 Å². The van der Waals surface area contributed by atoms with Gasteiger partial charge in [0.2, 0.25) is 0 Å². The lowest BCUT2D eigenvalue weighted by Gasteiger charge is -2.06. The van der Waals surface area contributed by atoms with E-state index in [-0.39, 0.29) is 17.1 Å². The number of anilines is 1. The molecule has 6 heteroatoms. The van der Waals surface area contributed by atoms with Gasteiger partial charge in [-0.05, 0) is 19.1 Å². The molecule has 1 aromatic heterocycles. The molecule has 0 saturated heterocycles. The van der Waals surface area contributed by atoms with Crippen LogP contribution in [0.15, 0.2) is 18.2 Å². The van der Waals surface area contributed by atoms with Crippen LogP contribution in [-0.4, -0.2) is 9.78 Å². The third kappa shape index (κ3) is 1.61. The number of nitriles is 1. The van der Waals surface area contributed by atoms with Gasteiger partial charge in [0.05, 0.1) is 5.69 Å². The zero-order valence-corrected chi connectivity index (χ0v) is 8.91. The maximum absolute atomic E-state index is 13.5. The standard InChI is InChI=1S/C11H8F2N4/c1-6-7(5-14)11(15)17(16-6)10-8(12)3-2-4-9(10)13/h2-4H,15H2,1H3. The van der Waals surface area contributed by atoms with Crippen LogP contribution in [0.5, 0.6) is 0 Å². The molecule has 0 bridgehead atoms. The van der Waals surface area contributed by atoms with Gasteiger partial charge in [-0.2, -0.15) is 10.4 Å². The summed E-state index contributed by atoms with van der Waals surface area (Å²) in [6, 6.07) is 5.28. The summed E-state index contributed by atoms with van der Waals surface area (Å²) in [7, 11) is 0. The number of nitrogens with two attached hydrogens (primary N) is 1. The van der Waals surface area contributed by atoms with Crippen molar-refractivity contribution in [3.8, 4) is 11.8 Å². The quantitative estimate of drug-likeness (QED) is 0.819. The fraction of sp³-hybridized carbons (Fsp3) is 0.0909. The maximum Gasteiger partial charge on any atom is 0.151 e. The molecule has 0 fully saturated rings. The first-order chi connectivity index (χ1) is 8.06. The van der Waals surface area contributed by atoms with E-state index in [2.05, 4.69) is 5.10 Å². The Labute approximate surface area is 95.9 Å². The third-order valence-corrected chi connectivity index (χ3v) is 2.36. The van der Waals surface area contributed by atoms with Crippen LogP contribution in [0.4, 0.5) is 14.6 Å². The molecule has 2 aromatic rings. The van der Waals surface area contributed by atoms with Gasteiger partial charge in [0.1, 0.15) is 23.1 Å². The molecule has 1 aromatic carbocycles. The molecule has 1 heterocycles. The van der Waals surface area contributed by atoms with Gasteiger partial charge in [-0.1, -0.05) is 6.07 Å². The Bertz CT molecular complexity index is 605. The number of aromatic nitrogens is 2. The van der Waals surface area contributed by atoms with Gasteiger partial charge in [-0.15, -0.1) is 0 Å². The smallest absolute Gasteiger partial charge is 0.151 e. The van der Waals surface area contributed by atoms with Gasteiger partial charge in [-0.25, -0.2) is 13.5 Å². The van der Waals surface area contributed by atoms with E-state index in [4.69, 9.17) is 11.0 Å². The number of hydrogen-bond acceptors (Lipinski definition) is 3. The van der Waals surface area contributed by atoms with Crippen molar-refractivity contribution in [2.24, 2.45) is 0 Å². The van der Waals surface area contributed by atoms with Crippen molar-refractivity contribution in [2.75, 3.05) is 5.73 Å². The van der Waals surface area contributed by atoms with Crippen LogP contribution in [0.2, 0.25) is 0 Å². The molecule has 0 atom stereocenters. The highest BCUT2D eigenvalue weighted by atomic mass is 19.1. The number of nitrogen functional groups attached to an aromatic ring is 1. The number of hydrogen-bond donors (Lipinski definition) is 1. The summed E-state index contributed by atoms with van der Waals surface area (Å²) >= 11 is 0. The minimum absolute atomic E-state index is 0.0750. The molecular formula is C11H8F2N4. The Morgan fingerprint density at radius 1 is 1.35 bits per heavy atom. The number of rotatable bonds is 1. The summed E-state index contributed by atoms with van der Waals surface area (Å²) < 4.78 is 27.9. The molecule has 0 spiro atoms. The molecule has 2 N–H and O–H groups in total. The third-order valence-electron chi connectivity index (χ3n) is 2.36. The van der Waals surface area contributed by atoms with Crippen molar-refractivity contribution in [2.45, 2.75) is 6.92 Å². The van der Waals surface area contributed by atoms with Crippen molar-refractivity contribution >= 4 is 5.82 Å². The van der Waals surface area contributed by atoms with Crippen molar-refractivity contribution in [1.82, 2.24) is 9.78 Å². The van der Waals surface area contributed by atoms with Gasteiger partial charge in [0, 0.05) is 0 Å². The zero-order valence-electron chi connectivity index (χ0n) is 8.91. The van der Waals surface area contributed by atoms with Crippen molar-refractivity contribution in [3.05, 3.63) is 41.1 Å². The monoisotopic (exact) mass is 234 g/mol. The molecule has 0 aliphatic rings. The highest BCUT2D eigenvalue weighted by molar-refractivity contribution is 5.56. The molecule has 86 valence electrons. The second kappa shape index (κ2) is 3.87. The highest BCUT2D eigenvalue weighted by Crippen LogP contribution is 2.23. The number of halogens is 2. The minimum atomic E-state index is -0.788. The predicted molar refractivity (Wildman–Crippen MR) is 57.3 cm³/mol. The predicted octanol–water partition coefficient (Wildman–Crippen LogP) is 1.91.